The van der Waals surface area contributed by atoms with Gasteiger partial charge in [0.05, 0.1) is 0 Å². The fourth-order valence-electron chi connectivity index (χ4n) is 1.71. The summed E-state index contributed by atoms with van der Waals surface area (Å²) < 4.78 is 10.5. The van der Waals surface area contributed by atoms with E-state index in [1.165, 1.54) is 25.9 Å². The van der Waals surface area contributed by atoms with E-state index in [4.69, 9.17) is 0 Å². The fraction of sp³-hybridized carbons (Fsp3) is 1.00. The predicted molar refractivity (Wildman–Crippen MR) is 55.0 cm³/mol. The summed E-state index contributed by atoms with van der Waals surface area (Å²) >= 11 is 0. The predicted octanol–water partition coefficient (Wildman–Crippen LogP) is 1.90. The van der Waals surface area contributed by atoms with Gasteiger partial charge in [-0.2, -0.15) is 0 Å². The molecule has 1 heterocycles. The number of nitrogens with one attached hydrogen (secondary N) is 1. The molecule has 1 aliphatic heterocycles. The van der Waals surface area contributed by atoms with Gasteiger partial charge in [-0.05, 0) is 31.8 Å². The van der Waals surface area contributed by atoms with Gasteiger partial charge in [-0.25, -0.2) is 5.09 Å². The van der Waals surface area contributed by atoms with E-state index in [0.29, 0.717) is 12.0 Å². The molecular weight excluding hydrogens is 183 g/mol. The van der Waals surface area contributed by atoms with Crippen LogP contribution < -0.4 is 5.09 Å². The zero-order valence-electron chi connectivity index (χ0n) is 8.49. The normalized spacial score (nSPS) is 21.5. The Kier molecular flexibility index (Phi) is 4.86. The van der Waals surface area contributed by atoms with Crippen molar-refractivity contribution in [1.29, 1.82) is 0 Å². The van der Waals surface area contributed by atoms with Crippen LogP contribution in [0.1, 0.15) is 26.7 Å². The Morgan fingerprint density at radius 3 is 2.46 bits per heavy atom. The summed E-state index contributed by atoms with van der Waals surface area (Å²) in [5.41, 5.74) is 0. The van der Waals surface area contributed by atoms with Crippen LogP contribution in [-0.4, -0.2) is 30.6 Å². The Morgan fingerprint density at radius 1 is 1.38 bits per heavy atom. The van der Waals surface area contributed by atoms with Crippen molar-refractivity contribution in [2.75, 3.05) is 19.6 Å². The molecule has 1 aliphatic rings. The number of hydrogen-bond acceptors (Lipinski definition) is 2. The molecule has 0 amide bonds. The van der Waals surface area contributed by atoms with Crippen LogP contribution in [0.15, 0.2) is 0 Å². The summed E-state index contributed by atoms with van der Waals surface area (Å²) in [4.78, 5) is 2.45. The van der Waals surface area contributed by atoms with E-state index in [1.807, 2.05) is 0 Å². The summed E-state index contributed by atoms with van der Waals surface area (Å²) in [5, 5.41) is 2.98. The number of likely N-dealkylation sites (tertiary alicyclic amines) is 1. The highest BCUT2D eigenvalue weighted by molar-refractivity contribution is 7.21. The molecule has 1 atom stereocenters. The van der Waals surface area contributed by atoms with Crippen LogP contribution in [0.2, 0.25) is 0 Å². The van der Waals surface area contributed by atoms with Gasteiger partial charge in [-0.15, -0.1) is 0 Å². The molecule has 1 rings (SSSR count). The molecule has 4 heteroatoms. The molecule has 0 saturated carbocycles. The zero-order chi connectivity index (χ0) is 9.68. The smallest absolute Gasteiger partial charge is 0.246 e. The summed E-state index contributed by atoms with van der Waals surface area (Å²) in [5.74, 6) is 0.544. The molecule has 0 aliphatic carbocycles. The lowest BCUT2D eigenvalue weighted by molar-refractivity contribution is 0.275. The average molecular weight is 202 g/mol. The topological polar surface area (TPSA) is 32.3 Å². The molecule has 0 aromatic carbocycles. The molecule has 76 valence electrons. The highest BCUT2D eigenvalue weighted by atomic mass is 31.1. The first-order valence-corrected chi connectivity index (χ1v) is 5.85. The van der Waals surface area contributed by atoms with Gasteiger partial charge in [0.1, 0.15) is 0 Å². The van der Waals surface area contributed by atoms with Gasteiger partial charge in [-0.3, -0.25) is 4.57 Å². The van der Waals surface area contributed by atoms with Crippen LogP contribution >= 0.6 is 8.61 Å². The minimum absolute atomic E-state index is 0.0609. The minimum Gasteiger partial charge on any atom is -0.302 e. The minimum atomic E-state index is 0.0609. The summed E-state index contributed by atoms with van der Waals surface area (Å²) in [6.07, 6.45) is 2.64. The number of nitrogens with zero attached hydrogens (tertiary/aromatic N) is 1. The molecular formula is C9H19N2OP. The Morgan fingerprint density at radius 2 is 2.00 bits per heavy atom. The van der Waals surface area contributed by atoms with Gasteiger partial charge >= 0.3 is 0 Å². The first kappa shape index (κ1) is 11.1. The largest absolute Gasteiger partial charge is 0.302 e. The lowest BCUT2D eigenvalue weighted by Crippen LogP contribution is -2.39. The monoisotopic (exact) mass is 202 g/mol. The van der Waals surface area contributed by atoms with E-state index in [9.17, 15) is 4.57 Å². The van der Waals surface area contributed by atoms with Crippen LogP contribution in [-0.2, 0) is 4.57 Å². The molecule has 3 nitrogen and oxygen atoms in total. The summed E-state index contributed by atoms with van der Waals surface area (Å²) in [6, 6.07) is 0.359. The first-order valence-electron chi connectivity index (χ1n) is 5.04. The van der Waals surface area contributed by atoms with Crippen molar-refractivity contribution in [3.8, 4) is 0 Å². The van der Waals surface area contributed by atoms with Gasteiger partial charge in [-0.1, -0.05) is 13.8 Å². The molecule has 1 fully saturated rings. The standard InChI is InChI=1S/C9H19N2OP/c1-8(2)9(10-13-12)7-11-5-3-4-6-11/h8-9H,3-7H2,1-2H3,(H,10,12)/t9-/m1/s1. The second kappa shape index (κ2) is 5.69. The van der Waals surface area contributed by atoms with E-state index in [1.54, 1.807) is 0 Å². The van der Waals surface area contributed by atoms with Gasteiger partial charge in [0.2, 0.25) is 8.61 Å². The second-order valence-corrected chi connectivity index (χ2v) is 4.52. The maximum Gasteiger partial charge on any atom is 0.246 e. The van der Waals surface area contributed by atoms with Crippen molar-refractivity contribution >= 4 is 8.61 Å². The molecule has 0 radical (unpaired) electrons. The maximum absolute atomic E-state index is 10.5. The lowest BCUT2D eigenvalue weighted by atomic mass is 10.1. The average Bonchev–Trinajstić information content (AvgIpc) is 2.56. The molecule has 0 spiro atoms. The number of rotatable bonds is 5. The van der Waals surface area contributed by atoms with Crippen molar-refractivity contribution in [3.63, 3.8) is 0 Å². The SMILES string of the molecule is CC(C)[C@@H](CN1CCCC1)NP=O. The third-order valence-corrected chi connectivity index (χ3v) is 3.11. The van der Waals surface area contributed by atoms with Crippen molar-refractivity contribution in [2.24, 2.45) is 5.92 Å². The van der Waals surface area contributed by atoms with Crippen LogP contribution in [0.4, 0.5) is 0 Å². The van der Waals surface area contributed by atoms with Gasteiger partial charge in [0.15, 0.2) is 0 Å². The van der Waals surface area contributed by atoms with Crippen LogP contribution in [0.5, 0.6) is 0 Å². The van der Waals surface area contributed by atoms with Crippen molar-refractivity contribution in [3.05, 3.63) is 0 Å². The summed E-state index contributed by atoms with van der Waals surface area (Å²) in [7, 11) is 0.0609. The second-order valence-electron chi connectivity index (χ2n) is 4.08. The molecule has 0 aromatic rings. The molecule has 0 aromatic heterocycles. The molecule has 13 heavy (non-hydrogen) atoms. The van der Waals surface area contributed by atoms with E-state index in [-0.39, 0.29) is 8.61 Å². The molecule has 1 saturated heterocycles. The van der Waals surface area contributed by atoms with Crippen molar-refractivity contribution in [2.45, 2.75) is 32.7 Å². The van der Waals surface area contributed by atoms with E-state index >= 15 is 0 Å². The maximum atomic E-state index is 10.5. The van der Waals surface area contributed by atoms with Crippen LogP contribution in [0, 0.1) is 5.92 Å². The third-order valence-electron chi connectivity index (χ3n) is 2.68. The molecule has 0 unspecified atom stereocenters. The van der Waals surface area contributed by atoms with E-state index in [0.717, 1.165) is 6.54 Å². The first-order chi connectivity index (χ1) is 6.24. The van der Waals surface area contributed by atoms with Gasteiger partial charge in [0, 0.05) is 12.6 Å². The van der Waals surface area contributed by atoms with Gasteiger partial charge < -0.3 is 4.90 Å². The fourth-order valence-corrected chi connectivity index (χ4v) is 2.23. The van der Waals surface area contributed by atoms with Crippen molar-refractivity contribution in [1.82, 2.24) is 9.99 Å². The van der Waals surface area contributed by atoms with E-state index < -0.39 is 0 Å². The van der Waals surface area contributed by atoms with Crippen molar-refractivity contribution < 1.29 is 4.57 Å². The number of hydrogen-bond donors (Lipinski definition) is 1. The molecule has 0 bridgehead atoms. The Bertz CT molecular complexity index is 158. The quantitative estimate of drug-likeness (QED) is 0.691. The van der Waals surface area contributed by atoms with Crippen LogP contribution in [0.3, 0.4) is 0 Å². The summed E-state index contributed by atoms with van der Waals surface area (Å²) in [6.45, 7) is 7.78. The Hall–Kier alpha value is 0.0200. The van der Waals surface area contributed by atoms with E-state index in [2.05, 4.69) is 23.8 Å². The highest BCUT2D eigenvalue weighted by Crippen LogP contribution is 2.12. The van der Waals surface area contributed by atoms with Crippen LogP contribution in [0.25, 0.3) is 0 Å². The third kappa shape index (κ3) is 3.72. The Labute approximate surface area is 82.1 Å². The molecule has 1 N–H and O–H groups in total. The highest BCUT2D eigenvalue weighted by Gasteiger charge is 2.19. The zero-order valence-corrected chi connectivity index (χ0v) is 9.39. The lowest BCUT2D eigenvalue weighted by Gasteiger charge is -2.24. The Balaban J connectivity index is 2.31. The van der Waals surface area contributed by atoms with Gasteiger partial charge in [0.25, 0.3) is 0 Å².